The highest BCUT2D eigenvalue weighted by molar-refractivity contribution is 7.23. The van der Waals surface area contributed by atoms with Crippen LogP contribution < -0.4 is 15.6 Å². The van der Waals surface area contributed by atoms with Crippen LogP contribution in [0.2, 0.25) is 0 Å². The van der Waals surface area contributed by atoms with Crippen LogP contribution in [0.3, 0.4) is 0 Å². The maximum Gasteiger partial charge on any atom is 0.266 e. The average Bonchev–Trinajstić information content (AvgIpc) is 3.46. The Kier molecular flexibility index (Phi) is 7.00. The number of hydrogen-bond donors (Lipinski definition) is 1. The van der Waals surface area contributed by atoms with Gasteiger partial charge in [-0.05, 0) is 61.5 Å². The van der Waals surface area contributed by atoms with E-state index in [9.17, 15) is 9.59 Å². The third-order valence-electron chi connectivity index (χ3n) is 5.12. The molecule has 0 atom stereocenters. The number of carbonyl (C=O) groups excluding carboxylic acids is 1. The number of thiazole rings is 1. The number of ether oxygens (including phenoxy) is 1. The number of nitrogens with zero attached hydrogens (tertiary/aromatic N) is 3. The van der Waals surface area contributed by atoms with Gasteiger partial charge in [-0.2, -0.15) is 5.10 Å². The van der Waals surface area contributed by atoms with Crippen LogP contribution in [0.15, 0.2) is 52.6 Å². The maximum atomic E-state index is 12.3. The van der Waals surface area contributed by atoms with Crippen molar-refractivity contribution < 1.29 is 9.53 Å². The molecule has 0 saturated heterocycles. The molecular formula is C24H24N4O3S2. The highest BCUT2D eigenvalue weighted by atomic mass is 32.1. The van der Waals surface area contributed by atoms with Crippen molar-refractivity contribution in [2.75, 3.05) is 13.2 Å². The molecule has 1 aromatic carbocycles. The Morgan fingerprint density at radius 3 is 2.73 bits per heavy atom. The molecule has 3 aromatic heterocycles. The fourth-order valence-electron chi connectivity index (χ4n) is 3.17. The number of amides is 1. The summed E-state index contributed by atoms with van der Waals surface area (Å²) >= 11 is 3.19. The van der Waals surface area contributed by atoms with Crippen LogP contribution in [0.4, 0.5) is 0 Å². The summed E-state index contributed by atoms with van der Waals surface area (Å²) in [4.78, 5) is 31.1. The molecule has 4 aromatic rings. The minimum Gasteiger partial charge on any atom is -0.484 e. The minimum absolute atomic E-state index is 0.0869. The van der Waals surface area contributed by atoms with Gasteiger partial charge in [-0.3, -0.25) is 9.59 Å². The molecule has 0 aliphatic heterocycles. The number of thiophene rings is 1. The van der Waals surface area contributed by atoms with Gasteiger partial charge >= 0.3 is 0 Å². The quantitative estimate of drug-likeness (QED) is 0.408. The zero-order valence-electron chi connectivity index (χ0n) is 18.6. The first-order chi connectivity index (χ1) is 15.9. The number of aromatic nitrogens is 3. The molecule has 4 rings (SSSR count). The van der Waals surface area contributed by atoms with Crippen molar-refractivity contribution in [2.45, 2.75) is 27.3 Å². The Labute approximate surface area is 199 Å². The summed E-state index contributed by atoms with van der Waals surface area (Å²) < 4.78 is 6.92. The van der Waals surface area contributed by atoms with Gasteiger partial charge in [0.25, 0.3) is 11.5 Å². The first kappa shape index (κ1) is 22.9. The fraction of sp³-hybridized carbons (Fsp3) is 0.250. The maximum absolute atomic E-state index is 12.3. The predicted molar refractivity (Wildman–Crippen MR) is 132 cm³/mol. The van der Waals surface area contributed by atoms with E-state index in [0.717, 1.165) is 26.0 Å². The van der Waals surface area contributed by atoms with Crippen molar-refractivity contribution >= 4 is 28.6 Å². The summed E-state index contributed by atoms with van der Waals surface area (Å²) in [6, 6.07) is 13.0. The second-order valence-corrected chi connectivity index (χ2v) is 9.52. The van der Waals surface area contributed by atoms with Crippen LogP contribution >= 0.6 is 22.7 Å². The normalized spacial score (nSPS) is 10.9. The van der Waals surface area contributed by atoms with E-state index < -0.39 is 0 Å². The molecule has 0 aliphatic carbocycles. The third kappa shape index (κ3) is 5.55. The molecule has 7 nitrogen and oxygen atoms in total. The molecule has 3 heterocycles. The zero-order chi connectivity index (χ0) is 23.4. The summed E-state index contributed by atoms with van der Waals surface area (Å²) in [5.74, 6) is 0.400. The highest BCUT2D eigenvalue weighted by Crippen LogP contribution is 2.35. The first-order valence-corrected chi connectivity index (χ1v) is 12.2. The van der Waals surface area contributed by atoms with Gasteiger partial charge in [0, 0.05) is 12.6 Å². The molecule has 1 N–H and O–H groups in total. The number of nitrogens with one attached hydrogen (secondary N) is 1. The van der Waals surface area contributed by atoms with E-state index in [-0.39, 0.29) is 31.2 Å². The van der Waals surface area contributed by atoms with Crippen LogP contribution in [0.1, 0.15) is 16.8 Å². The monoisotopic (exact) mass is 480 g/mol. The van der Waals surface area contributed by atoms with Crippen molar-refractivity contribution in [3.05, 3.63) is 75.0 Å². The number of carbonyl (C=O) groups is 1. The number of hydrogen-bond acceptors (Lipinski definition) is 7. The lowest BCUT2D eigenvalue weighted by Gasteiger charge is -2.10. The van der Waals surface area contributed by atoms with E-state index in [2.05, 4.69) is 15.4 Å². The summed E-state index contributed by atoms with van der Waals surface area (Å²) in [6.45, 7) is 6.41. The lowest BCUT2D eigenvalue weighted by molar-refractivity contribution is -0.123. The van der Waals surface area contributed by atoms with Crippen LogP contribution in [0.5, 0.6) is 5.75 Å². The number of benzene rings is 1. The number of rotatable bonds is 8. The topological polar surface area (TPSA) is 86.1 Å². The van der Waals surface area contributed by atoms with Gasteiger partial charge in [0.1, 0.15) is 16.5 Å². The fourth-order valence-corrected chi connectivity index (χ4v) is 5.00. The van der Waals surface area contributed by atoms with E-state index in [1.165, 1.54) is 16.3 Å². The smallest absolute Gasteiger partial charge is 0.266 e. The van der Waals surface area contributed by atoms with Gasteiger partial charge < -0.3 is 10.1 Å². The highest BCUT2D eigenvalue weighted by Gasteiger charge is 2.14. The van der Waals surface area contributed by atoms with Gasteiger partial charge in [-0.1, -0.05) is 12.1 Å². The molecule has 170 valence electrons. The SMILES string of the molecule is Cc1ccc(OCC(=O)NCCn2nc(-c3sc(-c4cccs4)nc3C)ccc2=O)cc1C. The summed E-state index contributed by atoms with van der Waals surface area (Å²) in [6.07, 6.45) is 0. The van der Waals surface area contributed by atoms with Crippen molar-refractivity contribution in [3.8, 4) is 26.2 Å². The molecule has 0 unspecified atom stereocenters. The van der Waals surface area contributed by atoms with E-state index in [1.807, 2.05) is 56.5 Å². The standard InChI is InChI=1S/C24H24N4O3S2/c1-15-6-7-18(13-16(15)2)31-14-21(29)25-10-11-28-22(30)9-8-19(27-28)23-17(3)26-24(33-23)20-5-4-12-32-20/h4-9,12-13H,10-11,14H2,1-3H3,(H,25,29). The largest absolute Gasteiger partial charge is 0.484 e. The van der Waals surface area contributed by atoms with Crippen molar-refractivity contribution in [2.24, 2.45) is 0 Å². The van der Waals surface area contributed by atoms with Gasteiger partial charge in [0.15, 0.2) is 6.61 Å². The van der Waals surface area contributed by atoms with Crippen molar-refractivity contribution in [1.82, 2.24) is 20.1 Å². The third-order valence-corrected chi connectivity index (χ3v) is 7.34. The van der Waals surface area contributed by atoms with Crippen molar-refractivity contribution in [1.29, 1.82) is 0 Å². The molecule has 1 amide bonds. The van der Waals surface area contributed by atoms with E-state index >= 15 is 0 Å². The Morgan fingerprint density at radius 2 is 1.97 bits per heavy atom. The average molecular weight is 481 g/mol. The molecule has 0 bridgehead atoms. The van der Waals surface area contributed by atoms with E-state index in [0.29, 0.717) is 11.4 Å². The molecule has 0 radical (unpaired) electrons. The molecule has 0 saturated carbocycles. The molecule has 9 heteroatoms. The molecular weight excluding hydrogens is 456 g/mol. The number of aryl methyl sites for hydroxylation is 3. The minimum atomic E-state index is -0.253. The van der Waals surface area contributed by atoms with Gasteiger partial charge in [0.2, 0.25) is 0 Å². The Balaban J connectivity index is 1.36. The summed E-state index contributed by atoms with van der Waals surface area (Å²) in [5.41, 5.74) is 3.62. The second kappa shape index (κ2) is 10.1. The summed E-state index contributed by atoms with van der Waals surface area (Å²) in [7, 11) is 0. The van der Waals surface area contributed by atoms with Crippen LogP contribution in [0, 0.1) is 20.8 Å². The molecule has 0 aliphatic rings. The van der Waals surface area contributed by atoms with Crippen LogP contribution in [-0.2, 0) is 11.3 Å². The lowest BCUT2D eigenvalue weighted by atomic mass is 10.1. The van der Waals surface area contributed by atoms with Gasteiger partial charge in [-0.25, -0.2) is 9.67 Å². The van der Waals surface area contributed by atoms with Gasteiger partial charge in [0.05, 0.1) is 22.0 Å². The van der Waals surface area contributed by atoms with E-state index in [1.54, 1.807) is 28.7 Å². The Bertz CT molecular complexity index is 1330. The second-order valence-electron chi connectivity index (χ2n) is 7.58. The molecule has 0 fully saturated rings. The Morgan fingerprint density at radius 1 is 1.12 bits per heavy atom. The lowest BCUT2D eigenvalue weighted by Crippen LogP contribution is -2.34. The van der Waals surface area contributed by atoms with Gasteiger partial charge in [-0.15, -0.1) is 22.7 Å². The predicted octanol–water partition coefficient (Wildman–Crippen LogP) is 4.22. The zero-order valence-corrected chi connectivity index (χ0v) is 20.3. The van der Waals surface area contributed by atoms with Crippen molar-refractivity contribution in [3.63, 3.8) is 0 Å². The summed E-state index contributed by atoms with van der Waals surface area (Å²) in [5, 5.41) is 10.2. The first-order valence-electron chi connectivity index (χ1n) is 10.5. The van der Waals surface area contributed by atoms with Crippen LogP contribution in [-0.4, -0.2) is 33.8 Å². The molecule has 0 spiro atoms. The van der Waals surface area contributed by atoms with E-state index in [4.69, 9.17) is 4.74 Å². The Hall–Kier alpha value is -3.30. The van der Waals surface area contributed by atoms with Crippen LogP contribution in [0.25, 0.3) is 20.5 Å². The molecule has 33 heavy (non-hydrogen) atoms.